The van der Waals surface area contributed by atoms with Crippen LogP contribution in [0.4, 0.5) is 0 Å². The molecule has 2 rings (SSSR count). The van der Waals surface area contributed by atoms with Crippen molar-refractivity contribution in [2.24, 2.45) is 0 Å². The van der Waals surface area contributed by atoms with E-state index in [-0.39, 0.29) is 5.56 Å². The number of imidazole rings is 1. The molecule has 4 N–H and O–H groups in total. The molecule has 9 nitrogen and oxygen atoms in total. The Hall–Kier alpha value is -3.67. The molecule has 0 saturated heterocycles. The Morgan fingerprint density at radius 1 is 0.914 bits per heavy atom. The quantitative estimate of drug-likeness (QED) is 0.219. The molecule has 35 heavy (non-hydrogen) atoms. The normalized spacial score (nSPS) is 11.1. The molecule has 9 heteroatoms. The van der Waals surface area contributed by atoms with Crippen molar-refractivity contribution in [3.63, 3.8) is 0 Å². The SMILES string of the molecule is CCCCCCCCCC(CCCC#N)c1ncc[nH]1.O=C(O)c1ccc(C(=O)O)c(C(=O)O)c1. The average molecular weight is 486 g/mol. The Bertz CT molecular complexity index is 966. The van der Waals surface area contributed by atoms with Gasteiger partial charge in [0.1, 0.15) is 5.82 Å². The predicted octanol–water partition coefficient (Wildman–Crippen LogP) is 6.11. The lowest BCUT2D eigenvalue weighted by molar-refractivity contribution is 0.0649. The van der Waals surface area contributed by atoms with Crippen molar-refractivity contribution < 1.29 is 29.7 Å². The molecule has 1 aromatic carbocycles. The first kappa shape index (κ1) is 29.4. The fraction of sp³-hybridized carbons (Fsp3) is 0.500. The van der Waals surface area contributed by atoms with Crippen LogP contribution in [0.15, 0.2) is 30.6 Å². The smallest absolute Gasteiger partial charge is 0.336 e. The molecule has 0 aliphatic rings. The van der Waals surface area contributed by atoms with Crippen LogP contribution in [0, 0.1) is 11.3 Å². The lowest BCUT2D eigenvalue weighted by Crippen LogP contribution is -2.10. The summed E-state index contributed by atoms with van der Waals surface area (Å²) >= 11 is 0. The van der Waals surface area contributed by atoms with E-state index in [0.717, 1.165) is 36.9 Å². The number of rotatable bonds is 15. The maximum absolute atomic E-state index is 10.6. The van der Waals surface area contributed by atoms with E-state index in [9.17, 15) is 14.4 Å². The van der Waals surface area contributed by atoms with Gasteiger partial charge < -0.3 is 20.3 Å². The number of carboxylic acid groups (broad SMARTS) is 3. The van der Waals surface area contributed by atoms with Crippen molar-refractivity contribution in [1.29, 1.82) is 5.26 Å². The van der Waals surface area contributed by atoms with Crippen LogP contribution in [0.2, 0.25) is 0 Å². The second kappa shape index (κ2) is 16.9. The average Bonchev–Trinajstić information content (AvgIpc) is 3.37. The van der Waals surface area contributed by atoms with E-state index in [4.69, 9.17) is 20.6 Å². The van der Waals surface area contributed by atoms with Gasteiger partial charge in [-0.25, -0.2) is 19.4 Å². The highest BCUT2D eigenvalue weighted by Gasteiger charge is 2.18. The zero-order chi connectivity index (χ0) is 26.1. The van der Waals surface area contributed by atoms with Gasteiger partial charge in [-0.2, -0.15) is 5.26 Å². The van der Waals surface area contributed by atoms with Gasteiger partial charge in [-0.3, -0.25) is 0 Å². The minimum atomic E-state index is -1.48. The zero-order valence-electron chi connectivity index (χ0n) is 20.2. The van der Waals surface area contributed by atoms with Crippen LogP contribution >= 0.6 is 0 Å². The van der Waals surface area contributed by atoms with Crippen LogP contribution in [-0.4, -0.2) is 43.2 Å². The highest BCUT2D eigenvalue weighted by molar-refractivity contribution is 6.03. The first-order valence-electron chi connectivity index (χ1n) is 12.0. The van der Waals surface area contributed by atoms with Gasteiger partial charge in [0.15, 0.2) is 0 Å². The summed E-state index contributed by atoms with van der Waals surface area (Å²) in [5, 5.41) is 34.5. The molecule has 1 aromatic heterocycles. The van der Waals surface area contributed by atoms with Gasteiger partial charge in [0.2, 0.25) is 0 Å². The molecule has 0 aliphatic heterocycles. The number of benzene rings is 1. The monoisotopic (exact) mass is 485 g/mol. The van der Waals surface area contributed by atoms with Gasteiger partial charge in [0, 0.05) is 24.7 Å². The molecule has 0 aliphatic carbocycles. The van der Waals surface area contributed by atoms with E-state index in [1.54, 1.807) is 0 Å². The molecule has 0 spiro atoms. The number of H-pyrrole nitrogens is 1. The van der Waals surface area contributed by atoms with Crippen molar-refractivity contribution in [1.82, 2.24) is 9.97 Å². The summed E-state index contributed by atoms with van der Waals surface area (Å²) in [7, 11) is 0. The van der Waals surface area contributed by atoms with Gasteiger partial charge in [0.05, 0.1) is 22.8 Å². The first-order valence-corrected chi connectivity index (χ1v) is 12.0. The van der Waals surface area contributed by atoms with Gasteiger partial charge in [0.25, 0.3) is 0 Å². The van der Waals surface area contributed by atoms with Gasteiger partial charge in [-0.1, -0.05) is 51.9 Å². The Balaban J connectivity index is 0.000000365. The summed E-state index contributed by atoms with van der Waals surface area (Å²) in [4.78, 5) is 39.4. The summed E-state index contributed by atoms with van der Waals surface area (Å²) in [6.45, 7) is 2.26. The number of hydrogen-bond donors (Lipinski definition) is 4. The van der Waals surface area contributed by atoms with Crippen LogP contribution in [-0.2, 0) is 0 Å². The number of aromatic nitrogens is 2. The van der Waals surface area contributed by atoms with E-state index < -0.39 is 29.0 Å². The van der Waals surface area contributed by atoms with Crippen LogP contribution in [0.25, 0.3) is 0 Å². The summed E-state index contributed by atoms with van der Waals surface area (Å²) in [5.41, 5.74) is -1.24. The van der Waals surface area contributed by atoms with E-state index in [0.29, 0.717) is 12.3 Å². The first-order chi connectivity index (χ1) is 16.8. The molecule has 2 aromatic rings. The highest BCUT2D eigenvalue weighted by Crippen LogP contribution is 2.25. The summed E-state index contributed by atoms with van der Waals surface area (Å²) in [5.74, 6) is -2.59. The van der Waals surface area contributed by atoms with Gasteiger partial charge in [-0.15, -0.1) is 0 Å². The number of nitriles is 1. The molecule has 1 unspecified atom stereocenters. The van der Waals surface area contributed by atoms with Crippen molar-refractivity contribution in [2.45, 2.75) is 83.5 Å². The number of carbonyl (C=O) groups is 3. The fourth-order valence-corrected chi connectivity index (χ4v) is 3.73. The number of hydrogen-bond acceptors (Lipinski definition) is 5. The van der Waals surface area contributed by atoms with E-state index in [1.165, 1.54) is 51.4 Å². The molecular formula is C26H35N3O6. The summed E-state index contributed by atoms with van der Waals surface area (Å²) in [6, 6.07) is 5.04. The zero-order valence-corrected chi connectivity index (χ0v) is 20.2. The van der Waals surface area contributed by atoms with E-state index >= 15 is 0 Å². The van der Waals surface area contributed by atoms with Gasteiger partial charge >= 0.3 is 17.9 Å². The Morgan fingerprint density at radius 3 is 2.09 bits per heavy atom. The minimum Gasteiger partial charge on any atom is -0.478 e. The van der Waals surface area contributed by atoms with Crippen LogP contribution in [0.5, 0.6) is 0 Å². The molecular weight excluding hydrogens is 450 g/mol. The van der Waals surface area contributed by atoms with Gasteiger partial charge in [-0.05, 0) is 37.5 Å². The second-order valence-electron chi connectivity index (χ2n) is 8.31. The lowest BCUT2D eigenvalue weighted by Gasteiger charge is -2.13. The van der Waals surface area contributed by atoms with Crippen molar-refractivity contribution in [3.05, 3.63) is 53.1 Å². The third-order valence-electron chi connectivity index (χ3n) is 5.63. The molecule has 0 bridgehead atoms. The van der Waals surface area contributed by atoms with Crippen molar-refractivity contribution in [3.8, 4) is 6.07 Å². The maximum atomic E-state index is 10.6. The van der Waals surface area contributed by atoms with Crippen LogP contribution < -0.4 is 0 Å². The fourth-order valence-electron chi connectivity index (χ4n) is 3.73. The van der Waals surface area contributed by atoms with Crippen LogP contribution in [0.3, 0.4) is 0 Å². The lowest BCUT2D eigenvalue weighted by atomic mass is 9.94. The summed E-state index contributed by atoms with van der Waals surface area (Å²) in [6.07, 6.45) is 17.1. The molecule has 1 heterocycles. The van der Waals surface area contributed by atoms with Crippen molar-refractivity contribution >= 4 is 17.9 Å². The third-order valence-corrected chi connectivity index (χ3v) is 5.63. The number of aromatic amines is 1. The number of aromatic carboxylic acids is 3. The van der Waals surface area contributed by atoms with Crippen molar-refractivity contribution in [2.75, 3.05) is 0 Å². The Morgan fingerprint density at radius 2 is 1.54 bits per heavy atom. The second-order valence-corrected chi connectivity index (χ2v) is 8.31. The van der Waals surface area contributed by atoms with E-state index in [1.807, 2.05) is 12.4 Å². The Kier molecular flexibility index (Phi) is 14.2. The molecule has 190 valence electrons. The standard InChI is InChI=1S/C17H29N3.C9H6O6/c1-2-3-4-5-6-7-8-11-16(12-9-10-13-18)17-19-14-15-20-17;10-7(11)4-1-2-5(8(12)13)6(3-4)9(14)15/h14-16H,2-12H2,1H3,(H,19,20);1-3H,(H,10,11)(H,12,13)(H,14,15). The number of unbranched alkanes of at least 4 members (excludes halogenated alkanes) is 7. The largest absolute Gasteiger partial charge is 0.478 e. The number of nitrogens with zero attached hydrogens (tertiary/aromatic N) is 2. The molecule has 0 radical (unpaired) electrons. The highest BCUT2D eigenvalue weighted by atomic mass is 16.4. The number of carboxylic acids is 3. The molecule has 1 atom stereocenters. The minimum absolute atomic E-state index is 0.266. The third kappa shape index (κ3) is 11.3. The maximum Gasteiger partial charge on any atom is 0.336 e. The predicted molar refractivity (Wildman–Crippen MR) is 131 cm³/mol. The molecule has 0 amide bonds. The Labute approximate surface area is 205 Å². The molecule has 0 saturated carbocycles. The number of nitrogens with one attached hydrogen (secondary N) is 1. The molecule has 0 fully saturated rings. The topological polar surface area (TPSA) is 164 Å². The van der Waals surface area contributed by atoms with Crippen LogP contribution in [0.1, 0.15) is 120 Å². The summed E-state index contributed by atoms with van der Waals surface area (Å²) < 4.78 is 0. The van der Waals surface area contributed by atoms with E-state index in [2.05, 4.69) is 23.0 Å².